The van der Waals surface area contributed by atoms with Gasteiger partial charge in [-0.1, -0.05) is 42.0 Å². The molecule has 4 aromatic carbocycles. The Bertz CT molecular complexity index is 1300. The number of rotatable bonds is 6. The topological polar surface area (TPSA) is 60.2 Å². The standard InChI is InChI=1S/C29H26N2O3/c1-19-5-13-25(14-6-19)30-31-28-20(2)17-27(18-21(28)3)34-29(32)24-9-7-22(8-10-24)23-11-15-26(33-4)16-12-23/h5-18H,1-4H3. The van der Waals surface area contributed by atoms with Gasteiger partial charge in [0.15, 0.2) is 0 Å². The van der Waals surface area contributed by atoms with E-state index in [2.05, 4.69) is 10.2 Å². The maximum absolute atomic E-state index is 12.7. The molecular formula is C29H26N2O3. The van der Waals surface area contributed by atoms with Crippen LogP contribution in [-0.4, -0.2) is 13.1 Å². The van der Waals surface area contributed by atoms with Crippen LogP contribution in [0.3, 0.4) is 0 Å². The third kappa shape index (κ3) is 5.38. The number of benzene rings is 4. The first kappa shape index (κ1) is 22.9. The van der Waals surface area contributed by atoms with Crippen molar-refractivity contribution in [2.45, 2.75) is 20.8 Å². The second kappa shape index (κ2) is 10.1. The summed E-state index contributed by atoms with van der Waals surface area (Å²) >= 11 is 0. The minimum atomic E-state index is -0.408. The number of hydrogen-bond acceptors (Lipinski definition) is 5. The molecule has 0 amide bonds. The first-order chi connectivity index (χ1) is 16.4. The number of azo groups is 1. The van der Waals surface area contributed by atoms with E-state index in [1.54, 1.807) is 31.4 Å². The zero-order valence-electron chi connectivity index (χ0n) is 19.7. The van der Waals surface area contributed by atoms with Crippen molar-refractivity contribution in [3.8, 4) is 22.6 Å². The highest BCUT2D eigenvalue weighted by Gasteiger charge is 2.12. The lowest BCUT2D eigenvalue weighted by Gasteiger charge is -2.10. The second-order valence-corrected chi connectivity index (χ2v) is 8.14. The van der Waals surface area contributed by atoms with Crippen molar-refractivity contribution in [3.63, 3.8) is 0 Å². The lowest BCUT2D eigenvalue weighted by atomic mass is 10.0. The van der Waals surface area contributed by atoms with Crippen LogP contribution in [0.2, 0.25) is 0 Å². The van der Waals surface area contributed by atoms with Gasteiger partial charge in [0.25, 0.3) is 0 Å². The van der Waals surface area contributed by atoms with Crippen molar-refractivity contribution in [2.24, 2.45) is 10.2 Å². The lowest BCUT2D eigenvalue weighted by Crippen LogP contribution is -2.08. The van der Waals surface area contributed by atoms with Crippen LogP contribution in [0.25, 0.3) is 11.1 Å². The van der Waals surface area contributed by atoms with Crippen LogP contribution in [0, 0.1) is 20.8 Å². The van der Waals surface area contributed by atoms with Crippen LogP contribution < -0.4 is 9.47 Å². The average molecular weight is 451 g/mol. The van der Waals surface area contributed by atoms with E-state index in [4.69, 9.17) is 9.47 Å². The Morgan fingerprint density at radius 1 is 0.676 bits per heavy atom. The molecular weight excluding hydrogens is 424 g/mol. The molecule has 34 heavy (non-hydrogen) atoms. The summed E-state index contributed by atoms with van der Waals surface area (Å²) in [5.41, 5.74) is 7.03. The molecule has 0 heterocycles. The summed E-state index contributed by atoms with van der Waals surface area (Å²) in [5, 5.41) is 8.74. The van der Waals surface area contributed by atoms with Gasteiger partial charge >= 0.3 is 5.97 Å². The van der Waals surface area contributed by atoms with Gasteiger partial charge in [-0.15, -0.1) is 0 Å². The van der Waals surface area contributed by atoms with Crippen molar-refractivity contribution in [1.29, 1.82) is 0 Å². The SMILES string of the molecule is COc1ccc(-c2ccc(C(=O)Oc3cc(C)c(N=Nc4ccc(C)cc4)c(C)c3)cc2)cc1. The summed E-state index contributed by atoms with van der Waals surface area (Å²) < 4.78 is 10.8. The lowest BCUT2D eigenvalue weighted by molar-refractivity contribution is 0.0734. The van der Waals surface area contributed by atoms with E-state index in [0.29, 0.717) is 11.3 Å². The fourth-order valence-corrected chi connectivity index (χ4v) is 3.60. The molecule has 0 aliphatic carbocycles. The van der Waals surface area contributed by atoms with E-state index in [1.807, 2.05) is 81.4 Å². The molecule has 4 rings (SSSR count). The summed E-state index contributed by atoms with van der Waals surface area (Å²) in [6, 6.07) is 26.6. The third-order valence-electron chi connectivity index (χ3n) is 5.52. The van der Waals surface area contributed by atoms with Crippen LogP contribution in [0.4, 0.5) is 11.4 Å². The molecule has 0 bridgehead atoms. The van der Waals surface area contributed by atoms with Crippen molar-refractivity contribution in [2.75, 3.05) is 7.11 Å². The fourth-order valence-electron chi connectivity index (χ4n) is 3.60. The van der Waals surface area contributed by atoms with Gasteiger partial charge in [0.2, 0.25) is 0 Å². The van der Waals surface area contributed by atoms with Gasteiger partial charge in [-0.05, 0) is 91.6 Å². The number of esters is 1. The summed E-state index contributed by atoms with van der Waals surface area (Å²) in [6.07, 6.45) is 0. The van der Waals surface area contributed by atoms with E-state index in [0.717, 1.165) is 39.4 Å². The minimum Gasteiger partial charge on any atom is -0.497 e. The molecule has 4 aromatic rings. The largest absolute Gasteiger partial charge is 0.497 e. The van der Waals surface area contributed by atoms with Gasteiger partial charge in [-0.3, -0.25) is 0 Å². The highest BCUT2D eigenvalue weighted by atomic mass is 16.5. The van der Waals surface area contributed by atoms with Crippen molar-refractivity contribution < 1.29 is 14.3 Å². The fraction of sp³-hybridized carbons (Fsp3) is 0.138. The van der Waals surface area contributed by atoms with Crippen LogP contribution >= 0.6 is 0 Å². The zero-order valence-corrected chi connectivity index (χ0v) is 19.7. The number of hydrogen-bond donors (Lipinski definition) is 0. The zero-order chi connectivity index (χ0) is 24.1. The second-order valence-electron chi connectivity index (χ2n) is 8.14. The van der Waals surface area contributed by atoms with Gasteiger partial charge < -0.3 is 9.47 Å². The summed E-state index contributed by atoms with van der Waals surface area (Å²) in [7, 11) is 1.64. The highest BCUT2D eigenvalue weighted by molar-refractivity contribution is 5.91. The van der Waals surface area contributed by atoms with Gasteiger partial charge in [-0.25, -0.2) is 4.79 Å². The van der Waals surface area contributed by atoms with Crippen LogP contribution in [-0.2, 0) is 0 Å². The molecule has 5 heteroatoms. The van der Waals surface area contributed by atoms with E-state index >= 15 is 0 Å². The molecule has 0 N–H and O–H groups in total. The van der Waals surface area contributed by atoms with E-state index in [9.17, 15) is 4.79 Å². The Balaban J connectivity index is 1.46. The molecule has 0 spiro atoms. The quantitative estimate of drug-likeness (QED) is 0.170. The number of nitrogens with zero attached hydrogens (tertiary/aromatic N) is 2. The molecule has 170 valence electrons. The first-order valence-corrected chi connectivity index (χ1v) is 11.0. The molecule has 0 unspecified atom stereocenters. The van der Waals surface area contributed by atoms with E-state index in [1.165, 1.54) is 5.56 Å². The predicted molar refractivity (Wildman–Crippen MR) is 135 cm³/mol. The molecule has 5 nitrogen and oxygen atoms in total. The van der Waals surface area contributed by atoms with Gasteiger partial charge in [-0.2, -0.15) is 10.2 Å². The van der Waals surface area contributed by atoms with Crippen molar-refractivity contribution in [1.82, 2.24) is 0 Å². The molecule has 0 aliphatic rings. The monoisotopic (exact) mass is 450 g/mol. The van der Waals surface area contributed by atoms with Gasteiger partial charge in [0.1, 0.15) is 11.5 Å². The summed E-state index contributed by atoms with van der Waals surface area (Å²) in [4.78, 5) is 12.7. The summed E-state index contributed by atoms with van der Waals surface area (Å²) in [6.45, 7) is 5.89. The average Bonchev–Trinajstić information content (AvgIpc) is 2.85. The Morgan fingerprint density at radius 2 is 1.24 bits per heavy atom. The number of carbonyl (C=O) groups excluding carboxylic acids is 1. The Kier molecular flexibility index (Phi) is 6.83. The molecule has 0 radical (unpaired) electrons. The number of aryl methyl sites for hydroxylation is 3. The smallest absolute Gasteiger partial charge is 0.343 e. The van der Waals surface area contributed by atoms with E-state index < -0.39 is 5.97 Å². The van der Waals surface area contributed by atoms with Crippen LogP contribution in [0.15, 0.2) is 95.2 Å². The minimum absolute atomic E-state index is 0.408. The van der Waals surface area contributed by atoms with Crippen LogP contribution in [0.5, 0.6) is 11.5 Å². The molecule has 0 saturated heterocycles. The van der Waals surface area contributed by atoms with Crippen molar-refractivity contribution >= 4 is 17.3 Å². The molecule has 0 aliphatic heterocycles. The highest BCUT2D eigenvalue weighted by Crippen LogP contribution is 2.31. The third-order valence-corrected chi connectivity index (χ3v) is 5.52. The number of methoxy groups -OCH3 is 1. The first-order valence-electron chi connectivity index (χ1n) is 11.0. The maximum atomic E-state index is 12.7. The molecule has 0 atom stereocenters. The number of carbonyl (C=O) groups is 1. The molecule has 0 saturated carbocycles. The maximum Gasteiger partial charge on any atom is 0.343 e. The molecule has 0 fully saturated rings. The Labute approximate surface area is 199 Å². The van der Waals surface area contributed by atoms with Gasteiger partial charge in [0.05, 0.1) is 24.0 Å². The predicted octanol–water partition coefficient (Wildman–Crippen LogP) is 7.92. The number of ether oxygens (including phenoxy) is 2. The van der Waals surface area contributed by atoms with E-state index in [-0.39, 0.29) is 0 Å². The van der Waals surface area contributed by atoms with Crippen LogP contribution in [0.1, 0.15) is 27.0 Å². The normalized spacial score (nSPS) is 10.9. The van der Waals surface area contributed by atoms with Gasteiger partial charge in [0, 0.05) is 0 Å². The summed E-state index contributed by atoms with van der Waals surface area (Å²) in [5.74, 6) is 0.875. The Morgan fingerprint density at radius 3 is 1.79 bits per heavy atom. The molecule has 0 aromatic heterocycles. The Hall–Kier alpha value is -4.25. The van der Waals surface area contributed by atoms with Crippen molar-refractivity contribution in [3.05, 3.63) is 107 Å².